The smallest absolute Gasteiger partial charge is 0.307 e. The lowest BCUT2D eigenvalue weighted by Crippen LogP contribution is -2.27. The number of benzene rings is 2. The van der Waals surface area contributed by atoms with Gasteiger partial charge in [-0.2, -0.15) is 0 Å². The maximum Gasteiger partial charge on any atom is 0.307 e. The summed E-state index contributed by atoms with van der Waals surface area (Å²) in [5.41, 5.74) is 0.946. The first-order chi connectivity index (χ1) is 14.4. The molecule has 0 radical (unpaired) electrons. The number of aromatic nitrogens is 2. The minimum atomic E-state index is -0.526. The van der Waals surface area contributed by atoms with Crippen molar-refractivity contribution < 1.29 is 14.3 Å². The molecule has 1 N–H and O–H groups in total. The molecule has 1 aromatic heterocycles. The van der Waals surface area contributed by atoms with Gasteiger partial charge < -0.3 is 10.1 Å². The summed E-state index contributed by atoms with van der Waals surface area (Å²) < 4.78 is 6.96. The molecule has 3 aromatic rings. The number of para-hydroxylation sites is 1. The third-order valence-electron chi connectivity index (χ3n) is 4.34. The Morgan fingerprint density at radius 2 is 2.00 bits per heavy atom. The first kappa shape index (κ1) is 22.0. The number of carbonyl (C=O) groups excluding carboxylic acids is 2. The van der Waals surface area contributed by atoms with E-state index in [0.29, 0.717) is 21.7 Å². The van der Waals surface area contributed by atoms with Gasteiger partial charge in [0.25, 0.3) is 5.56 Å². The van der Waals surface area contributed by atoms with Crippen LogP contribution in [0, 0.1) is 0 Å². The first-order valence-electron chi connectivity index (χ1n) is 9.18. The molecule has 0 aliphatic carbocycles. The van der Waals surface area contributed by atoms with Gasteiger partial charge in [-0.05, 0) is 37.3 Å². The van der Waals surface area contributed by atoms with Crippen molar-refractivity contribution in [3.05, 3.63) is 63.4 Å². The van der Waals surface area contributed by atoms with Gasteiger partial charge in [0.05, 0.1) is 29.7 Å². The Kier molecular flexibility index (Phi) is 7.28. The SMILES string of the molecule is COC(=O)CCn1c(SC(C)C(=O)Nc2cccc(Br)c2)nc2ccccc2c1=O. The monoisotopic (exact) mass is 489 g/mol. The van der Waals surface area contributed by atoms with Crippen LogP contribution in [-0.2, 0) is 20.9 Å². The molecule has 3 rings (SSSR count). The van der Waals surface area contributed by atoms with Crippen molar-refractivity contribution in [3.8, 4) is 0 Å². The number of anilines is 1. The standard InChI is InChI=1S/C21H20BrN3O4S/c1-13(19(27)23-15-7-5-6-14(22)12-15)30-21-24-17-9-4-3-8-16(17)20(28)25(21)11-10-18(26)29-2/h3-9,12-13H,10-11H2,1-2H3,(H,23,27). The Labute approximate surface area is 186 Å². The van der Waals surface area contributed by atoms with E-state index in [0.717, 1.165) is 4.47 Å². The molecular formula is C21H20BrN3O4S. The van der Waals surface area contributed by atoms with E-state index < -0.39 is 11.2 Å². The van der Waals surface area contributed by atoms with E-state index in [9.17, 15) is 14.4 Å². The average Bonchev–Trinajstić information content (AvgIpc) is 2.73. The van der Waals surface area contributed by atoms with E-state index in [2.05, 4.69) is 31.0 Å². The second kappa shape index (κ2) is 9.90. The van der Waals surface area contributed by atoms with Gasteiger partial charge >= 0.3 is 5.97 Å². The normalized spacial score (nSPS) is 11.8. The highest BCUT2D eigenvalue weighted by Crippen LogP contribution is 2.24. The number of amides is 1. The van der Waals surface area contributed by atoms with E-state index in [4.69, 9.17) is 0 Å². The highest BCUT2D eigenvalue weighted by atomic mass is 79.9. The highest BCUT2D eigenvalue weighted by molar-refractivity contribution is 9.10. The zero-order valence-corrected chi connectivity index (χ0v) is 18.8. The molecule has 0 bridgehead atoms. The van der Waals surface area contributed by atoms with Crippen molar-refractivity contribution in [1.29, 1.82) is 0 Å². The second-order valence-electron chi connectivity index (χ2n) is 6.45. The number of rotatable bonds is 7. The molecule has 2 aromatic carbocycles. The van der Waals surface area contributed by atoms with Crippen molar-refractivity contribution in [2.45, 2.75) is 30.3 Å². The fraction of sp³-hybridized carbons (Fsp3) is 0.238. The van der Waals surface area contributed by atoms with Crippen molar-refractivity contribution in [2.24, 2.45) is 0 Å². The molecule has 0 aliphatic heterocycles. The molecule has 1 heterocycles. The third kappa shape index (κ3) is 5.28. The summed E-state index contributed by atoms with van der Waals surface area (Å²) in [5, 5.41) is 3.16. The van der Waals surface area contributed by atoms with Gasteiger partial charge in [-0.3, -0.25) is 19.0 Å². The molecule has 7 nitrogen and oxygen atoms in total. The molecule has 0 spiro atoms. The zero-order chi connectivity index (χ0) is 21.7. The minimum Gasteiger partial charge on any atom is -0.469 e. The van der Waals surface area contributed by atoms with Gasteiger partial charge in [0.2, 0.25) is 5.91 Å². The van der Waals surface area contributed by atoms with Crippen LogP contribution < -0.4 is 10.9 Å². The molecule has 9 heteroatoms. The third-order valence-corrected chi connectivity index (χ3v) is 5.92. The lowest BCUT2D eigenvalue weighted by Gasteiger charge is -2.16. The van der Waals surface area contributed by atoms with Crippen molar-refractivity contribution in [2.75, 3.05) is 12.4 Å². The number of methoxy groups -OCH3 is 1. The Morgan fingerprint density at radius 3 is 2.73 bits per heavy atom. The molecule has 1 unspecified atom stereocenters. The predicted octanol–water partition coefficient (Wildman–Crippen LogP) is 3.84. The fourth-order valence-electron chi connectivity index (χ4n) is 2.76. The fourth-order valence-corrected chi connectivity index (χ4v) is 4.10. The van der Waals surface area contributed by atoms with Gasteiger partial charge in [-0.15, -0.1) is 0 Å². The quantitative estimate of drug-likeness (QED) is 0.308. The predicted molar refractivity (Wildman–Crippen MR) is 121 cm³/mol. The van der Waals surface area contributed by atoms with Gasteiger partial charge in [0, 0.05) is 16.7 Å². The molecule has 0 aliphatic rings. The maximum absolute atomic E-state index is 13.0. The van der Waals surface area contributed by atoms with Gasteiger partial charge in [0.1, 0.15) is 0 Å². The van der Waals surface area contributed by atoms with Crippen LogP contribution >= 0.6 is 27.7 Å². The zero-order valence-electron chi connectivity index (χ0n) is 16.4. The van der Waals surface area contributed by atoms with E-state index in [1.54, 1.807) is 43.3 Å². The Morgan fingerprint density at radius 1 is 1.23 bits per heavy atom. The molecule has 156 valence electrons. The van der Waals surface area contributed by atoms with Crippen LogP contribution in [0.3, 0.4) is 0 Å². The van der Waals surface area contributed by atoms with Crippen LogP contribution in [0.2, 0.25) is 0 Å². The number of carbonyl (C=O) groups is 2. The Bertz CT molecular complexity index is 1150. The summed E-state index contributed by atoms with van der Waals surface area (Å²) >= 11 is 4.54. The topological polar surface area (TPSA) is 90.3 Å². The molecule has 1 atom stereocenters. The number of esters is 1. The number of ether oxygens (including phenoxy) is 1. The highest BCUT2D eigenvalue weighted by Gasteiger charge is 2.20. The molecule has 0 saturated heterocycles. The maximum atomic E-state index is 13.0. The molecule has 0 fully saturated rings. The summed E-state index contributed by atoms with van der Waals surface area (Å²) in [6, 6.07) is 14.3. The number of fused-ring (bicyclic) bond motifs is 1. The van der Waals surface area contributed by atoms with Gasteiger partial charge in [-0.1, -0.05) is 45.9 Å². The summed E-state index contributed by atoms with van der Waals surface area (Å²) in [7, 11) is 1.30. The molecule has 30 heavy (non-hydrogen) atoms. The number of nitrogens with one attached hydrogen (secondary N) is 1. The number of halogens is 1. The number of thioether (sulfide) groups is 1. The Hall–Kier alpha value is -2.65. The molecule has 0 saturated carbocycles. The number of hydrogen-bond acceptors (Lipinski definition) is 6. The van der Waals surface area contributed by atoms with Crippen LogP contribution in [-0.4, -0.2) is 33.8 Å². The molecular weight excluding hydrogens is 470 g/mol. The van der Waals surface area contributed by atoms with E-state index >= 15 is 0 Å². The number of hydrogen-bond donors (Lipinski definition) is 1. The summed E-state index contributed by atoms with van der Waals surface area (Å²) in [6.45, 7) is 1.86. The lowest BCUT2D eigenvalue weighted by atomic mass is 10.2. The lowest BCUT2D eigenvalue weighted by molar-refractivity contribution is -0.140. The largest absolute Gasteiger partial charge is 0.469 e. The van der Waals surface area contributed by atoms with Gasteiger partial charge in [-0.25, -0.2) is 4.98 Å². The van der Waals surface area contributed by atoms with Gasteiger partial charge in [0.15, 0.2) is 5.16 Å². The summed E-state index contributed by atoms with van der Waals surface area (Å²) in [6.07, 6.45) is 0.0304. The van der Waals surface area contributed by atoms with Crippen LogP contribution in [0.25, 0.3) is 10.9 Å². The first-order valence-corrected chi connectivity index (χ1v) is 10.9. The summed E-state index contributed by atoms with van der Waals surface area (Å²) in [5.74, 6) is -0.647. The van der Waals surface area contributed by atoms with Crippen molar-refractivity contribution >= 4 is 56.2 Å². The minimum absolute atomic E-state index is 0.0304. The molecule has 1 amide bonds. The summed E-state index contributed by atoms with van der Waals surface area (Å²) in [4.78, 5) is 41.8. The van der Waals surface area contributed by atoms with Crippen LogP contribution in [0.15, 0.2) is 63.0 Å². The average molecular weight is 490 g/mol. The van der Waals surface area contributed by atoms with Crippen molar-refractivity contribution in [1.82, 2.24) is 9.55 Å². The second-order valence-corrected chi connectivity index (χ2v) is 8.68. The van der Waals surface area contributed by atoms with Crippen molar-refractivity contribution in [3.63, 3.8) is 0 Å². The van der Waals surface area contributed by atoms with Crippen LogP contribution in [0.5, 0.6) is 0 Å². The van der Waals surface area contributed by atoms with E-state index in [-0.39, 0.29) is 24.4 Å². The van der Waals surface area contributed by atoms with E-state index in [1.807, 2.05) is 12.1 Å². The van der Waals surface area contributed by atoms with Crippen LogP contribution in [0.1, 0.15) is 13.3 Å². The number of nitrogens with zero attached hydrogens (tertiary/aromatic N) is 2. The Balaban J connectivity index is 1.88. The van der Waals surface area contributed by atoms with Crippen LogP contribution in [0.4, 0.5) is 5.69 Å². The van der Waals surface area contributed by atoms with E-state index in [1.165, 1.54) is 23.4 Å².